The monoisotopic (exact) mass is 268 g/mol. The van der Waals surface area contributed by atoms with Crippen LogP contribution in [-0.4, -0.2) is 47.5 Å². The van der Waals surface area contributed by atoms with Gasteiger partial charge < -0.3 is 15.7 Å². The zero-order valence-corrected chi connectivity index (χ0v) is 11.2. The maximum atomic E-state index is 12.6. The second-order valence-electron chi connectivity index (χ2n) is 6.08. The van der Waals surface area contributed by atoms with E-state index in [9.17, 15) is 18.3 Å². The lowest BCUT2D eigenvalue weighted by atomic mass is 9.83. The SMILES string of the molecule is CC(N)C(C)(C)CN1CCC(O)(C(F)(F)F)CC1. The van der Waals surface area contributed by atoms with Crippen molar-refractivity contribution >= 4 is 0 Å². The standard InChI is InChI=1S/C12H23F3N2O/c1-9(16)10(2,3)8-17-6-4-11(18,5-7-17)12(13,14)15/h9,18H,4-8,16H2,1-3H3. The quantitative estimate of drug-likeness (QED) is 0.820. The number of alkyl halides is 3. The molecule has 6 heteroatoms. The zero-order chi connectivity index (χ0) is 14.2. The first-order valence-electron chi connectivity index (χ1n) is 6.25. The highest BCUT2D eigenvalue weighted by atomic mass is 19.4. The molecule has 108 valence electrons. The summed E-state index contributed by atoms with van der Waals surface area (Å²) in [6.07, 6.45) is -5.05. The molecule has 0 amide bonds. The Morgan fingerprint density at radius 3 is 2.06 bits per heavy atom. The lowest BCUT2D eigenvalue weighted by Crippen LogP contribution is -2.55. The van der Waals surface area contributed by atoms with Crippen molar-refractivity contribution in [3.05, 3.63) is 0 Å². The Labute approximate surface area is 106 Å². The van der Waals surface area contributed by atoms with Crippen LogP contribution in [-0.2, 0) is 0 Å². The molecule has 0 saturated carbocycles. The fraction of sp³-hybridized carbons (Fsp3) is 1.00. The molecular formula is C12H23F3N2O. The average molecular weight is 268 g/mol. The third kappa shape index (κ3) is 3.36. The number of nitrogens with zero attached hydrogens (tertiary/aromatic N) is 1. The zero-order valence-electron chi connectivity index (χ0n) is 11.2. The van der Waals surface area contributed by atoms with E-state index >= 15 is 0 Å². The van der Waals surface area contributed by atoms with Crippen molar-refractivity contribution in [3.8, 4) is 0 Å². The van der Waals surface area contributed by atoms with Gasteiger partial charge in [0.15, 0.2) is 5.60 Å². The van der Waals surface area contributed by atoms with Crippen LogP contribution in [0, 0.1) is 5.41 Å². The molecule has 1 fully saturated rings. The number of nitrogens with two attached hydrogens (primary N) is 1. The summed E-state index contributed by atoms with van der Waals surface area (Å²) < 4.78 is 37.9. The van der Waals surface area contributed by atoms with Gasteiger partial charge in [-0.05, 0) is 25.2 Å². The predicted molar refractivity (Wildman–Crippen MR) is 64.1 cm³/mol. The molecule has 3 nitrogen and oxygen atoms in total. The van der Waals surface area contributed by atoms with Gasteiger partial charge in [-0.15, -0.1) is 0 Å². The molecule has 1 unspecified atom stereocenters. The third-order valence-electron chi connectivity index (χ3n) is 4.07. The second kappa shape index (κ2) is 4.98. The number of hydrogen-bond donors (Lipinski definition) is 2. The Morgan fingerprint density at radius 1 is 1.28 bits per heavy atom. The van der Waals surface area contributed by atoms with Crippen LogP contribution >= 0.6 is 0 Å². The molecule has 1 heterocycles. The van der Waals surface area contributed by atoms with Gasteiger partial charge in [0, 0.05) is 25.7 Å². The van der Waals surface area contributed by atoms with Crippen molar-refractivity contribution in [1.82, 2.24) is 4.90 Å². The fourth-order valence-corrected chi connectivity index (χ4v) is 2.08. The minimum absolute atomic E-state index is 0.0269. The summed E-state index contributed by atoms with van der Waals surface area (Å²) in [6, 6.07) is -0.0269. The Kier molecular flexibility index (Phi) is 4.35. The van der Waals surface area contributed by atoms with Crippen molar-refractivity contribution < 1.29 is 18.3 Å². The Hall–Kier alpha value is -0.330. The molecule has 1 atom stereocenters. The summed E-state index contributed by atoms with van der Waals surface area (Å²) in [6.45, 7) is 7.07. The molecule has 3 N–H and O–H groups in total. The van der Waals surface area contributed by atoms with Gasteiger partial charge in [0.2, 0.25) is 0 Å². The van der Waals surface area contributed by atoms with Crippen LogP contribution in [0.2, 0.25) is 0 Å². The summed E-state index contributed by atoms with van der Waals surface area (Å²) in [5.74, 6) is 0. The molecule has 18 heavy (non-hydrogen) atoms. The molecule has 1 rings (SSSR count). The number of hydrogen-bond acceptors (Lipinski definition) is 3. The first kappa shape index (κ1) is 15.7. The molecular weight excluding hydrogens is 245 g/mol. The highest BCUT2D eigenvalue weighted by molar-refractivity contribution is 4.93. The van der Waals surface area contributed by atoms with Crippen LogP contribution in [0.5, 0.6) is 0 Å². The van der Waals surface area contributed by atoms with Gasteiger partial charge in [0.1, 0.15) is 0 Å². The average Bonchev–Trinajstić information content (AvgIpc) is 2.19. The molecule has 0 radical (unpaired) electrons. The largest absolute Gasteiger partial charge is 0.417 e. The molecule has 0 spiro atoms. The van der Waals surface area contributed by atoms with Crippen molar-refractivity contribution in [3.63, 3.8) is 0 Å². The van der Waals surface area contributed by atoms with Crippen LogP contribution < -0.4 is 5.73 Å². The highest BCUT2D eigenvalue weighted by Gasteiger charge is 2.54. The van der Waals surface area contributed by atoms with E-state index in [4.69, 9.17) is 5.73 Å². The van der Waals surface area contributed by atoms with Gasteiger partial charge in [0.25, 0.3) is 0 Å². The molecule has 1 aliphatic heterocycles. The van der Waals surface area contributed by atoms with E-state index in [0.29, 0.717) is 6.54 Å². The van der Waals surface area contributed by atoms with E-state index in [0.717, 1.165) is 0 Å². The van der Waals surface area contributed by atoms with E-state index < -0.39 is 11.8 Å². The number of rotatable bonds is 3. The van der Waals surface area contributed by atoms with Crippen molar-refractivity contribution in [1.29, 1.82) is 0 Å². The fourth-order valence-electron chi connectivity index (χ4n) is 2.08. The molecule has 0 aromatic heterocycles. The molecule has 0 aromatic carbocycles. The molecule has 0 aliphatic carbocycles. The van der Waals surface area contributed by atoms with Gasteiger partial charge in [-0.2, -0.15) is 13.2 Å². The van der Waals surface area contributed by atoms with E-state index in [1.807, 2.05) is 25.7 Å². The van der Waals surface area contributed by atoms with Crippen molar-refractivity contribution in [2.24, 2.45) is 11.1 Å². The van der Waals surface area contributed by atoms with Crippen LogP contribution in [0.3, 0.4) is 0 Å². The Bertz CT molecular complexity index is 282. The normalized spacial score (nSPS) is 24.0. The van der Waals surface area contributed by atoms with Crippen molar-refractivity contribution in [2.45, 2.75) is 51.4 Å². The molecule has 0 aromatic rings. The van der Waals surface area contributed by atoms with Gasteiger partial charge in [0.05, 0.1) is 0 Å². The van der Waals surface area contributed by atoms with E-state index in [1.54, 1.807) is 0 Å². The summed E-state index contributed by atoms with van der Waals surface area (Å²) in [5.41, 5.74) is 3.20. The van der Waals surface area contributed by atoms with Gasteiger partial charge in [-0.1, -0.05) is 13.8 Å². The summed E-state index contributed by atoms with van der Waals surface area (Å²) in [7, 11) is 0. The first-order valence-corrected chi connectivity index (χ1v) is 6.25. The van der Waals surface area contributed by atoms with Gasteiger partial charge in [-0.25, -0.2) is 0 Å². The number of likely N-dealkylation sites (tertiary alicyclic amines) is 1. The Balaban J connectivity index is 2.55. The second-order valence-corrected chi connectivity index (χ2v) is 6.08. The molecule has 1 saturated heterocycles. The van der Waals surface area contributed by atoms with Crippen LogP contribution in [0.4, 0.5) is 13.2 Å². The van der Waals surface area contributed by atoms with E-state index in [-0.39, 0.29) is 37.4 Å². The van der Waals surface area contributed by atoms with Crippen LogP contribution in [0.1, 0.15) is 33.6 Å². The predicted octanol–water partition coefficient (Wildman–Crippen LogP) is 1.75. The highest BCUT2D eigenvalue weighted by Crippen LogP contribution is 2.38. The summed E-state index contributed by atoms with van der Waals surface area (Å²) in [4.78, 5) is 1.95. The number of piperidine rings is 1. The van der Waals surface area contributed by atoms with Gasteiger partial charge >= 0.3 is 6.18 Å². The lowest BCUT2D eigenvalue weighted by Gasteiger charge is -2.42. The number of halogens is 3. The topological polar surface area (TPSA) is 49.5 Å². The molecule has 1 aliphatic rings. The van der Waals surface area contributed by atoms with Crippen molar-refractivity contribution in [2.75, 3.05) is 19.6 Å². The minimum Gasteiger partial charge on any atom is -0.380 e. The Morgan fingerprint density at radius 2 is 1.72 bits per heavy atom. The number of aliphatic hydroxyl groups is 1. The van der Waals surface area contributed by atoms with E-state index in [2.05, 4.69) is 0 Å². The maximum absolute atomic E-state index is 12.6. The van der Waals surface area contributed by atoms with Gasteiger partial charge in [-0.3, -0.25) is 0 Å². The minimum atomic E-state index is -4.53. The van der Waals surface area contributed by atoms with Crippen LogP contribution in [0.15, 0.2) is 0 Å². The smallest absolute Gasteiger partial charge is 0.380 e. The first-order chi connectivity index (χ1) is 7.98. The van der Waals surface area contributed by atoms with E-state index in [1.165, 1.54) is 0 Å². The maximum Gasteiger partial charge on any atom is 0.417 e. The summed E-state index contributed by atoms with van der Waals surface area (Å²) >= 11 is 0. The molecule has 0 bridgehead atoms. The lowest BCUT2D eigenvalue weighted by molar-refractivity contribution is -0.273. The third-order valence-corrected chi connectivity index (χ3v) is 4.07. The summed E-state index contributed by atoms with van der Waals surface area (Å²) in [5, 5.41) is 9.56. The van der Waals surface area contributed by atoms with Crippen LogP contribution in [0.25, 0.3) is 0 Å².